The van der Waals surface area contributed by atoms with Crippen LogP contribution in [0.25, 0.3) is 0 Å². The molecule has 1 aliphatic carbocycles. The molecule has 1 aliphatic heterocycles. The van der Waals surface area contributed by atoms with Crippen molar-refractivity contribution in [1.82, 2.24) is 10.2 Å². The number of carbonyl (C=O) groups excluding carboxylic acids is 2. The summed E-state index contributed by atoms with van der Waals surface area (Å²) in [4.78, 5) is 24.6. The van der Waals surface area contributed by atoms with Crippen molar-refractivity contribution in [1.29, 1.82) is 0 Å². The van der Waals surface area contributed by atoms with Crippen LogP contribution in [0.4, 0.5) is 0 Å². The molecule has 0 unspecified atom stereocenters. The van der Waals surface area contributed by atoms with Crippen LogP contribution in [-0.2, 0) is 9.59 Å². The standard InChI is InChI=1S/C11H18N2O3S/c14-9-4-2-1-3-8(9)12-10(15)5-13-7-17-6-11(13)16/h8-9,14H,1-7H2,(H,12,15)/t8-,9-/m1/s1. The van der Waals surface area contributed by atoms with E-state index in [2.05, 4.69) is 5.32 Å². The predicted octanol–water partition coefficient (Wildman–Crippen LogP) is -0.0610. The van der Waals surface area contributed by atoms with Gasteiger partial charge >= 0.3 is 0 Å². The van der Waals surface area contributed by atoms with E-state index in [1.54, 1.807) is 4.90 Å². The van der Waals surface area contributed by atoms with Gasteiger partial charge in [-0.25, -0.2) is 0 Å². The minimum Gasteiger partial charge on any atom is -0.391 e. The third-order valence-corrected chi connectivity index (χ3v) is 4.18. The van der Waals surface area contributed by atoms with E-state index >= 15 is 0 Å². The fourth-order valence-corrected chi connectivity index (χ4v) is 3.15. The molecule has 2 N–H and O–H groups in total. The van der Waals surface area contributed by atoms with E-state index in [-0.39, 0.29) is 24.4 Å². The molecule has 0 radical (unpaired) electrons. The number of amides is 2. The van der Waals surface area contributed by atoms with Crippen molar-refractivity contribution in [3.05, 3.63) is 0 Å². The first-order chi connectivity index (χ1) is 8.16. The zero-order chi connectivity index (χ0) is 12.3. The highest BCUT2D eigenvalue weighted by Gasteiger charge is 2.27. The quantitative estimate of drug-likeness (QED) is 0.744. The topological polar surface area (TPSA) is 69.6 Å². The Morgan fingerprint density at radius 3 is 2.88 bits per heavy atom. The molecular weight excluding hydrogens is 240 g/mol. The smallest absolute Gasteiger partial charge is 0.239 e. The Morgan fingerprint density at radius 2 is 2.24 bits per heavy atom. The summed E-state index contributed by atoms with van der Waals surface area (Å²) in [5.41, 5.74) is 0. The lowest BCUT2D eigenvalue weighted by atomic mass is 9.92. The van der Waals surface area contributed by atoms with Gasteiger partial charge in [-0.15, -0.1) is 11.8 Å². The maximum atomic E-state index is 11.7. The number of thioether (sulfide) groups is 1. The number of nitrogens with zero attached hydrogens (tertiary/aromatic N) is 1. The monoisotopic (exact) mass is 258 g/mol. The summed E-state index contributed by atoms with van der Waals surface area (Å²) in [6, 6.07) is -0.137. The zero-order valence-corrected chi connectivity index (χ0v) is 10.5. The molecule has 96 valence electrons. The molecule has 2 atom stereocenters. The van der Waals surface area contributed by atoms with Gasteiger partial charge in [0.2, 0.25) is 11.8 Å². The van der Waals surface area contributed by atoms with Gasteiger partial charge in [-0.05, 0) is 12.8 Å². The van der Waals surface area contributed by atoms with Crippen molar-refractivity contribution in [2.24, 2.45) is 0 Å². The fraction of sp³-hybridized carbons (Fsp3) is 0.818. The number of aliphatic hydroxyl groups excluding tert-OH is 1. The molecule has 0 aromatic heterocycles. The van der Waals surface area contributed by atoms with Gasteiger partial charge in [0.25, 0.3) is 0 Å². The minimum absolute atomic E-state index is 0.0225. The number of hydrogen-bond donors (Lipinski definition) is 2. The average Bonchev–Trinajstić information content (AvgIpc) is 2.68. The maximum Gasteiger partial charge on any atom is 0.239 e. The summed E-state index contributed by atoms with van der Waals surface area (Å²) in [5.74, 6) is 0.930. The Hall–Kier alpha value is -0.750. The molecule has 0 aromatic rings. The molecule has 2 fully saturated rings. The average molecular weight is 258 g/mol. The van der Waals surface area contributed by atoms with Gasteiger partial charge in [0.1, 0.15) is 6.54 Å². The number of rotatable bonds is 3. The van der Waals surface area contributed by atoms with Crippen molar-refractivity contribution in [3.8, 4) is 0 Å². The highest BCUT2D eigenvalue weighted by molar-refractivity contribution is 8.00. The number of nitrogens with one attached hydrogen (secondary N) is 1. The van der Waals surface area contributed by atoms with E-state index in [1.165, 1.54) is 11.8 Å². The number of carbonyl (C=O) groups is 2. The summed E-state index contributed by atoms with van der Waals surface area (Å²) in [6.07, 6.45) is 3.21. The lowest BCUT2D eigenvalue weighted by molar-refractivity contribution is -0.133. The molecule has 1 heterocycles. The second-order valence-corrected chi connectivity index (χ2v) is 5.55. The van der Waals surface area contributed by atoms with E-state index in [0.29, 0.717) is 11.6 Å². The molecule has 5 nitrogen and oxygen atoms in total. The van der Waals surface area contributed by atoms with Crippen molar-refractivity contribution in [2.75, 3.05) is 18.2 Å². The van der Waals surface area contributed by atoms with E-state index in [1.807, 2.05) is 0 Å². The Balaban J connectivity index is 1.78. The molecule has 2 amide bonds. The Bertz CT molecular complexity index is 311. The van der Waals surface area contributed by atoms with Crippen LogP contribution in [0.5, 0.6) is 0 Å². The first-order valence-corrected chi connectivity index (χ1v) is 7.15. The molecule has 1 saturated heterocycles. The molecule has 1 saturated carbocycles. The van der Waals surface area contributed by atoms with Crippen LogP contribution >= 0.6 is 11.8 Å². The van der Waals surface area contributed by atoms with Gasteiger partial charge in [0.15, 0.2) is 0 Å². The van der Waals surface area contributed by atoms with E-state index in [4.69, 9.17) is 0 Å². The van der Waals surface area contributed by atoms with Crippen LogP contribution in [0, 0.1) is 0 Å². The van der Waals surface area contributed by atoms with Crippen molar-refractivity contribution in [3.63, 3.8) is 0 Å². The van der Waals surface area contributed by atoms with E-state index < -0.39 is 6.10 Å². The van der Waals surface area contributed by atoms with E-state index in [0.717, 1.165) is 25.7 Å². The second-order valence-electron chi connectivity index (χ2n) is 4.60. The Kier molecular flexibility index (Phi) is 4.28. The Morgan fingerprint density at radius 1 is 1.47 bits per heavy atom. The summed E-state index contributed by atoms with van der Waals surface area (Å²) in [6.45, 7) is 0.120. The van der Waals surface area contributed by atoms with E-state index in [9.17, 15) is 14.7 Å². The van der Waals surface area contributed by atoms with Crippen LogP contribution in [0.2, 0.25) is 0 Å². The molecular formula is C11H18N2O3S. The fourth-order valence-electron chi connectivity index (χ4n) is 2.25. The normalized spacial score (nSPS) is 29.5. The third kappa shape index (κ3) is 3.35. The van der Waals surface area contributed by atoms with Gasteiger partial charge in [0.05, 0.1) is 23.8 Å². The molecule has 0 spiro atoms. The van der Waals surface area contributed by atoms with Gasteiger partial charge in [-0.1, -0.05) is 12.8 Å². The number of aliphatic hydroxyl groups is 1. The van der Waals surface area contributed by atoms with Gasteiger partial charge in [-0.2, -0.15) is 0 Å². The molecule has 0 bridgehead atoms. The highest BCUT2D eigenvalue weighted by Crippen LogP contribution is 2.18. The summed E-state index contributed by atoms with van der Waals surface area (Å²) >= 11 is 1.53. The lowest BCUT2D eigenvalue weighted by Crippen LogP contribution is -2.48. The van der Waals surface area contributed by atoms with Crippen LogP contribution in [0.3, 0.4) is 0 Å². The molecule has 0 aromatic carbocycles. The first kappa shape index (κ1) is 12.7. The van der Waals surface area contributed by atoms with Crippen LogP contribution in [-0.4, -0.2) is 52.1 Å². The van der Waals surface area contributed by atoms with Crippen molar-refractivity contribution in [2.45, 2.75) is 37.8 Å². The lowest BCUT2D eigenvalue weighted by Gasteiger charge is -2.29. The minimum atomic E-state index is -0.434. The SMILES string of the molecule is O=C(CN1CSCC1=O)N[C@@H]1CCCC[C@H]1O. The number of hydrogen-bond acceptors (Lipinski definition) is 4. The molecule has 2 rings (SSSR count). The maximum absolute atomic E-state index is 11.7. The van der Waals surface area contributed by atoms with Gasteiger partial charge in [-0.3, -0.25) is 9.59 Å². The van der Waals surface area contributed by atoms with Crippen LogP contribution in [0.1, 0.15) is 25.7 Å². The first-order valence-electron chi connectivity index (χ1n) is 6.00. The highest BCUT2D eigenvalue weighted by atomic mass is 32.2. The second kappa shape index (κ2) is 5.73. The summed E-state index contributed by atoms with van der Waals surface area (Å²) in [5, 5.41) is 12.6. The predicted molar refractivity (Wildman–Crippen MR) is 65.4 cm³/mol. The largest absolute Gasteiger partial charge is 0.391 e. The van der Waals surface area contributed by atoms with Crippen LogP contribution in [0.15, 0.2) is 0 Å². The van der Waals surface area contributed by atoms with Crippen molar-refractivity contribution < 1.29 is 14.7 Å². The molecule has 6 heteroatoms. The third-order valence-electron chi connectivity index (χ3n) is 3.24. The zero-order valence-electron chi connectivity index (χ0n) is 9.72. The summed E-state index contributed by atoms with van der Waals surface area (Å²) < 4.78 is 0. The van der Waals surface area contributed by atoms with Crippen LogP contribution < -0.4 is 5.32 Å². The Labute approximate surface area is 105 Å². The van der Waals surface area contributed by atoms with Gasteiger partial charge in [0, 0.05) is 0 Å². The summed E-state index contributed by atoms with van der Waals surface area (Å²) in [7, 11) is 0. The molecule has 17 heavy (non-hydrogen) atoms. The van der Waals surface area contributed by atoms with Gasteiger partial charge < -0.3 is 15.3 Å². The van der Waals surface area contributed by atoms with Crippen molar-refractivity contribution >= 4 is 23.6 Å². The molecule has 2 aliphatic rings.